The molecule has 28 heavy (non-hydrogen) atoms. The van der Waals surface area contributed by atoms with E-state index in [0.717, 1.165) is 33.5 Å². The molecule has 2 heterocycles. The first-order chi connectivity index (χ1) is 13.7. The maximum atomic E-state index is 8.47. The minimum atomic E-state index is 0.322. The fraction of sp³-hybridized carbons (Fsp3) is 0.200. The Morgan fingerprint density at radius 2 is 2.04 bits per heavy atom. The number of aromatic nitrogens is 4. The molecule has 2 aromatic carbocycles. The second kappa shape index (κ2) is 7.96. The first kappa shape index (κ1) is 17.8. The van der Waals surface area contributed by atoms with Gasteiger partial charge in [0.15, 0.2) is 0 Å². The number of imidazole rings is 1. The summed E-state index contributed by atoms with van der Waals surface area (Å²) in [5.74, 6) is 0. The van der Waals surface area contributed by atoms with E-state index in [-0.39, 0.29) is 0 Å². The Balaban J connectivity index is 1.52. The number of aryl methyl sites for hydroxylation is 1. The molecule has 0 radical (unpaired) electrons. The topological polar surface area (TPSA) is 93.6 Å². The van der Waals surface area contributed by atoms with Crippen molar-refractivity contribution in [1.29, 1.82) is 0 Å². The van der Waals surface area contributed by atoms with E-state index in [2.05, 4.69) is 26.2 Å². The lowest BCUT2D eigenvalue weighted by Gasteiger charge is -2.09. The third kappa shape index (κ3) is 3.73. The molecule has 0 unspecified atom stereocenters. The maximum absolute atomic E-state index is 8.47. The van der Waals surface area contributed by atoms with Crippen LogP contribution < -0.4 is 0 Å². The van der Waals surface area contributed by atoms with Gasteiger partial charge in [0.05, 0.1) is 36.5 Å². The number of nitrogens with zero attached hydrogens (tertiary/aromatic N) is 7. The first-order valence-corrected chi connectivity index (χ1v) is 8.85. The van der Waals surface area contributed by atoms with E-state index in [1.54, 1.807) is 12.5 Å². The predicted molar refractivity (Wildman–Crippen MR) is 106 cm³/mol. The summed E-state index contributed by atoms with van der Waals surface area (Å²) in [5, 5.41) is 7.75. The Morgan fingerprint density at radius 3 is 2.86 bits per heavy atom. The third-order valence-electron chi connectivity index (χ3n) is 4.56. The van der Waals surface area contributed by atoms with E-state index in [1.165, 1.54) is 0 Å². The van der Waals surface area contributed by atoms with Gasteiger partial charge in [-0.25, -0.2) is 4.98 Å². The summed E-state index contributed by atoms with van der Waals surface area (Å²) in [6, 6.07) is 16.0. The highest BCUT2D eigenvalue weighted by Crippen LogP contribution is 2.21. The van der Waals surface area contributed by atoms with Crippen molar-refractivity contribution in [1.82, 2.24) is 19.3 Å². The van der Waals surface area contributed by atoms with Gasteiger partial charge in [-0.1, -0.05) is 23.3 Å². The Kier molecular flexibility index (Phi) is 5.05. The number of hydrogen-bond acceptors (Lipinski definition) is 4. The van der Waals surface area contributed by atoms with E-state index < -0.39 is 0 Å². The van der Waals surface area contributed by atoms with Crippen molar-refractivity contribution in [2.75, 3.05) is 0 Å². The van der Waals surface area contributed by atoms with Crippen LogP contribution in [-0.2, 0) is 31.5 Å². The summed E-state index contributed by atoms with van der Waals surface area (Å²) in [7, 11) is 1.90. The quantitative estimate of drug-likeness (QED) is 0.275. The molecule has 0 amide bonds. The van der Waals surface area contributed by atoms with Gasteiger partial charge < -0.3 is 4.74 Å². The summed E-state index contributed by atoms with van der Waals surface area (Å²) in [4.78, 5) is 7.29. The summed E-state index contributed by atoms with van der Waals surface area (Å²) in [6.45, 7) is 1.35. The lowest BCUT2D eigenvalue weighted by atomic mass is 10.2. The average molecular weight is 373 g/mol. The van der Waals surface area contributed by atoms with Crippen molar-refractivity contribution in [2.24, 2.45) is 12.2 Å². The number of fused-ring (bicyclic) bond motifs is 1. The normalized spacial score (nSPS) is 10.9. The largest absolute Gasteiger partial charge is 0.370 e. The standard InChI is InChI=1S/C20H19N7O/c1-26-18(7-8-24-26)13-28-12-16-3-2-4-17(9-16)27-14-22-19-10-15(11-23-25-21)5-6-20(19)27/h2-10,14H,11-13H2,1H3. The van der Waals surface area contributed by atoms with Gasteiger partial charge in [0.25, 0.3) is 0 Å². The lowest BCUT2D eigenvalue weighted by Crippen LogP contribution is -2.01. The van der Waals surface area contributed by atoms with Crippen molar-refractivity contribution >= 4 is 11.0 Å². The maximum Gasteiger partial charge on any atom is 0.100 e. The molecule has 0 fully saturated rings. The lowest BCUT2D eigenvalue weighted by molar-refractivity contribution is 0.102. The zero-order valence-corrected chi connectivity index (χ0v) is 15.4. The number of azide groups is 1. The average Bonchev–Trinajstić information content (AvgIpc) is 3.32. The third-order valence-corrected chi connectivity index (χ3v) is 4.56. The predicted octanol–water partition coefficient (Wildman–Crippen LogP) is 4.29. The van der Waals surface area contributed by atoms with E-state index in [0.29, 0.717) is 19.8 Å². The molecule has 0 aliphatic carbocycles. The molecule has 8 nitrogen and oxygen atoms in total. The van der Waals surface area contributed by atoms with Crippen LogP contribution >= 0.6 is 0 Å². The van der Waals surface area contributed by atoms with Crippen LogP contribution in [0.5, 0.6) is 0 Å². The van der Waals surface area contributed by atoms with Gasteiger partial charge in [-0.2, -0.15) is 5.10 Å². The van der Waals surface area contributed by atoms with Crippen molar-refractivity contribution in [2.45, 2.75) is 19.8 Å². The van der Waals surface area contributed by atoms with Gasteiger partial charge >= 0.3 is 0 Å². The van der Waals surface area contributed by atoms with Gasteiger partial charge in [0.2, 0.25) is 0 Å². The van der Waals surface area contributed by atoms with Gasteiger partial charge in [0, 0.05) is 23.8 Å². The van der Waals surface area contributed by atoms with E-state index in [9.17, 15) is 0 Å². The molecule has 0 atom stereocenters. The Morgan fingerprint density at radius 1 is 1.11 bits per heavy atom. The highest BCUT2D eigenvalue weighted by Gasteiger charge is 2.07. The highest BCUT2D eigenvalue weighted by molar-refractivity contribution is 5.78. The van der Waals surface area contributed by atoms with Crippen molar-refractivity contribution in [3.63, 3.8) is 0 Å². The zero-order chi connectivity index (χ0) is 19.3. The monoisotopic (exact) mass is 373 g/mol. The molecule has 4 aromatic rings. The molecule has 140 valence electrons. The Labute approximate surface area is 161 Å². The van der Waals surface area contributed by atoms with Gasteiger partial charge in [0.1, 0.15) is 6.33 Å². The zero-order valence-electron chi connectivity index (χ0n) is 15.4. The van der Waals surface area contributed by atoms with Crippen LogP contribution in [0.2, 0.25) is 0 Å². The van der Waals surface area contributed by atoms with E-state index in [1.807, 2.05) is 58.8 Å². The molecule has 0 aliphatic rings. The van der Waals surface area contributed by atoms with Crippen molar-refractivity contribution < 1.29 is 4.74 Å². The van der Waals surface area contributed by atoms with Gasteiger partial charge in [-0.15, -0.1) is 0 Å². The second-order valence-corrected chi connectivity index (χ2v) is 6.44. The molecular formula is C20H19N7O. The molecule has 4 rings (SSSR count). The smallest absolute Gasteiger partial charge is 0.100 e. The van der Waals surface area contributed by atoms with Crippen LogP contribution in [0.4, 0.5) is 0 Å². The van der Waals surface area contributed by atoms with Gasteiger partial charge in [-0.05, 0) is 47.0 Å². The number of hydrogen-bond donors (Lipinski definition) is 0. The highest BCUT2D eigenvalue weighted by atomic mass is 16.5. The number of ether oxygens (including phenoxy) is 1. The Bertz CT molecular complexity index is 1150. The van der Waals surface area contributed by atoms with Gasteiger partial charge in [-0.3, -0.25) is 9.25 Å². The summed E-state index contributed by atoms with van der Waals surface area (Å²) >= 11 is 0. The fourth-order valence-corrected chi connectivity index (χ4v) is 3.09. The van der Waals surface area contributed by atoms with E-state index >= 15 is 0 Å². The second-order valence-electron chi connectivity index (χ2n) is 6.44. The van der Waals surface area contributed by atoms with Crippen LogP contribution in [0.3, 0.4) is 0 Å². The van der Waals surface area contributed by atoms with Crippen LogP contribution in [0.1, 0.15) is 16.8 Å². The molecule has 0 N–H and O–H groups in total. The molecule has 2 aromatic heterocycles. The van der Waals surface area contributed by atoms with Crippen LogP contribution in [0, 0.1) is 0 Å². The molecule has 0 saturated heterocycles. The number of benzene rings is 2. The molecule has 0 bridgehead atoms. The minimum Gasteiger partial charge on any atom is -0.370 e. The molecule has 0 spiro atoms. The summed E-state index contributed by atoms with van der Waals surface area (Å²) < 4.78 is 9.68. The van der Waals surface area contributed by atoms with E-state index in [4.69, 9.17) is 10.3 Å². The summed E-state index contributed by atoms with van der Waals surface area (Å²) in [5.41, 5.74) is 14.4. The molecule has 8 heteroatoms. The molecule has 0 saturated carbocycles. The fourth-order valence-electron chi connectivity index (χ4n) is 3.09. The Hall–Kier alpha value is -3.61. The van der Waals surface area contributed by atoms with Crippen LogP contribution in [0.15, 0.2) is 66.2 Å². The van der Waals surface area contributed by atoms with Crippen molar-refractivity contribution in [3.05, 3.63) is 88.3 Å². The van der Waals surface area contributed by atoms with Crippen LogP contribution in [0.25, 0.3) is 27.2 Å². The number of rotatable bonds is 7. The minimum absolute atomic E-state index is 0.322. The van der Waals surface area contributed by atoms with Crippen molar-refractivity contribution in [3.8, 4) is 5.69 Å². The molecular weight excluding hydrogens is 354 g/mol. The first-order valence-electron chi connectivity index (χ1n) is 8.85. The summed E-state index contributed by atoms with van der Waals surface area (Å²) in [6.07, 6.45) is 3.57. The molecule has 0 aliphatic heterocycles. The SMILES string of the molecule is Cn1nccc1COCc1cccc(-n2cnc3cc(CN=[N+]=[N-])ccc32)c1. The van der Waals surface area contributed by atoms with Crippen LogP contribution in [-0.4, -0.2) is 19.3 Å².